The summed E-state index contributed by atoms with van der Waals surface area (Å²) in [6, 6.07) is 4.82. The van der Waals surface area contributed by atoms with E-state index >= 15 is 0 Å². The topological polar surface area (TPSA) is 85.1 Å². The fraction of sp³-hybridized carbons (Fsp3) is 0.154. The van der Waals surface area contributed by atoms with Gasteiger partial charge < -0.3 is 5.73 Å². The van der Waals surface area contributed by atoms with Crippen LogP contribution in [0.1, 0.15) is 11.1 Å². The lowest BCUT2D eigenvalue weighted by molar-refractivity contribution is 0.600. The summed E-state index contributed by atoms with van der Waals surface area (Å²) in [7, 11) is -3.69. The van der Waals surface area contributed by atoms with E-state index in [1.165, 1.54) is 12.3 Å². The average Bonchev–Trinajstić information content (AvgIpc) is 2.33. The van der Waals surface area contributed by atoms with Gasteiger partial charge in [0, 0.05) is 16.4 Å². The number of anilines is 2. The Balaban J connectivity index is 2.43. The monoisotopic (exact) mass is 355 g/mol. The molecule has 0 unspecified atom stereocenters. The Morgan fingerprint density at radius 3 is 2.55 bits per heavy atom. The van der Waals surface area contributed by atoms with E-state index < -0.39 is 10.0 Å². The van der Waals surface area contributed by atoms with Crippen LogP contribution in [0.2, 0.25) is 0 Å². The van der Waals surface area contributed by atoms with Crippen molar-refractivity contribution in [1.82, 2.24) is 4.98 Å². The molecule has 3 N–H and O–H groups in total. The Morgan fingerprint density at radius 2 is 1.90 bits per heavy atom. The van der Waals surface area contributed by atoms with Crippen LogP contribution in [-0.2, 0) is 10.0 Å². The average molecular weight is 356 g/mol. The Morgan fingerprint density at radius 1 is 1.20 bits per heavy atom. The van der Waals surface area contributed by atoms with Crippen molar-refractivity contribution in [1.29, 1.82) is 0 Å². The molecule has 1 heterocycles. The maximum absolute atomic E-state index is 12.4. The molecule has 0 amide bonds. The van der Waals surface area contributed by atoms with Crippen molar-refractivity contribution in [3.8, 4) is 0 Å². The van der Waals surface area contributed by atoms with Gasteiger partial charge in [0.25, 0.3) is 10.0 Å². The van der Waals surface area contributed by atoms with Crippen LogP contribution < -0.4 is 10.5 Å². The van der Waals surface area contributed by atoms with Crippen molar-refractivity contribution in [2.24, 2.45) is 0 Å². The molecule has 2 rings (SSSR count). The van der Waals surface area contributed by atoms with Crippen LogP contribution in [0, 0.1) is 13.8 Å². The Hall–Kier alpha value is -1.60. The number of sulfonamides is 1. The molecule has 0 fully saturated rings. The number of pyridine rings is 1. The van der Waals surface area contributed by atoms with Gasteiger partial charge in [0.2, 0.25) is 0 Å². The highest BCUT2D eigenvalue weighted by molar-refractivity contribution is 9.10. The molecular weight excluding hydrogens is 342 g/mol. The summed E-state index contributed by atoms with van der Waals surface area (Å²) < 4.78 is 27.9. The maximum Gasteiger partial charge on any atom is 0.262 e. The summed E-state index contributed by atoms with van der Waals surface area (Å²) in [4.78, 5) is 4.11. The number of benzene rings is 1. The first-order valence-electron chi connectivity index (χ1n) is 5.80. The number of nitrogens with zero attached hydrogens (tertiary/aromatic N) is 1. The van der Waals surface area contributed by atoms with Gasteiger partial charge in [-0.05, 0) is 59.1 Å². The SMILES string of the molecule is Cc1cncc(NS(=O)(=O)c2cc(N)c(Br)cc2C)c1. The van der Waals surface area contributed by atoms with Crippen LogP contribution in [0.15, 0.2) is 40.0 Å². The van der Waals surface area contributed by atoms with Gasteiger partial charge in [-0.2, -0.15) is 0 Å². The molecule has 2 aromatic rings. The van der Waals surface area contributed by atoms with E-state index in [9.17, 15) is 8.42 Å². The van der Waals surface area contributed by atoms with E-state index in [-0.39, 0.29) is 4.90 Å². The van der Waals surface area contributed by atoms with Gasteiger partial charge in [0.05, 0.1) is 16.8 Å². The van der Waals surface area contributed by atoms with Crippen LogP contribution in [0.5, 0.6) is 0 Å². The van der Waals surface area contributed by atoms with Crippen LogP contribution in [-0.4, -0.2) is 13.4 Å². The minimum absolute atomic E-state index is 0.153. The predicted octanol–water partition coefficient (Wildman–Crippen LogP) is 2.84. The highest BCUT2D eigenvalue weighted by atomic mass is 79.9. The first-order chi connectivity index (χ1) is 9.29. The molecule has 0 bridgehead atoms. The van der Waals surface area contributed by atoms with Gasteiger partial charge in [-0.15, -0.1) is 0 Å². The van der Waals surface area contributed by atoms with Gasteiger partial charge in [-0.25, -0.2) is 8.42 Å². The normalized spacial score (nSPS) is 11.3. The standard InChI is InChI=1S/C13H14BrN3O2S/c1-8-3-10(7-16-6-8)17-20(18,19)13-5-12(15)11(14)4-9(13)2/h3-7,17H,15H2,1-2H3. The van der Waals surface area contributed by atoms with Crippen LogP contribution in [0.4, 0.5) is 11.4 Å². The van der Waals surface area contributed by atoms with Gasteiger partial charge in [0.1, 0.15) is 0 Å². The van der Waals surface area contributed by atoms with Crippen molar-refractivity contribution in [3.63, 3.8) is 0 Å². The summed E-state index contributed by atoms with van der Waals surface area (Å²) in [5.41, 5.74) is 8.03. The highest BCUT2D eigenvalue weighted by Gasteiger charge is 2.18. The Bertz CT molecular complexity index is 760. The van der Waals surface area contributed by atoms with Crippen molar-refractivity contribution in [2.75, 3.05) is 10.5 Å². The van der Waals surface area contributed by atoms with Gasteiger partial charge in [0.15, 0.2) is 0 Å². The number of nitrogens with one attached hydrogen (secondary N) is 1. The van der Waals surface area contributed by atoms with Crippen molar-refractivity contribution in [3.05, 3.63) is 46.2 Å². The molecule has 0 aliphatic heterocycles. The Labute approximate surface area is 126 Å². The van der Waals surface area contributed by atoms with E-state index in [4.69, 9.17) is 5.73 Å². The lowest BCUT2D eigenvalue weighted by atomic mass is 10.2. The molecule has 1 aromatic heterocycles. The molecule has 0 radical (unpaired) electrons. The first kappa shape index (κ1) is 14.8. The van der Waals surface area contributed by atoms with Gasteiger partial charge >= 0.3 is 0 Å². The summed E-state index contributed by atoms with van der Waals surface area (Å²) in [6.07, 6.45) is 3.11. The fourth-order valence-corrected chi connectivity index (χ4v) is 3.53. The van der Waals surface area contributed by atoms with E-state index in [1.807, 2.05) is 6.92 Å². The van der Waals surface area contributed by atoms with Crippen LogP contribution in [0.3, 0.4) is 0 Å². The molecule has 0 saturated carbocycles. The summed E-state index contributed by atoms with van der Waals surface area (Å²) in [5, 5.41) is 0. The first-order valence-corrected chi connectivity index (χ1v) is 8.07. The molecule has 5 nitrogen and oxygen atoms in total. The molecule has 0 spiro atoms. The van der Waals surface area contributed by atoms with Crippen molar-refractivity contribution >= 4 is 37.3 Å². The number of nitrogens with two attached hydrogens (primary N) is 1. The molecular formula is C13H14BrN3O2S. The second kappa shape index (κ2) is 5.41. The number of hydrogen-bond acceptors (Lipinski definition) is 4. The smallest absolute Gasteiger partial charge is 0.262 e. The number of nitrogen functional groups attached to an aromatic ring is 1. The largest absolute Gasteiger partial charge is 0.398 e. The molecule has 106 valence electrons. The lowest BCUT2D eigenvalue weighted by Crippen LogP contribution is -2.15. The summed E-state index contributed by atoms with van der Waals surface area (Å²) >= 11 is 3.27. The number of halogens is 1. The van der Waals surface area contributed by atoms with E-state index in [2.05, 4.69) is 25.6 Å². The third-order valence-corrected chi connectivity index (χ3v) is 4.92. The third-order valence-electron chi connectivity index (χ3n) is 2.71. The zero-order valence-corrected chi connectivity index (χ0v) is 13.4. The minimum Gasteiger partial charge on any atom is -0.398 e. The fourth-order valence-electron chi connectivity index (χ4n) is 1.78. The zero-order chi connectivity index (χ0) is 14.9. The summed E-state index contributed by atoms with van der Waals surface area (Å²) in [5.74, 6) is 0. The van der Waals surface area contributed by atoms with Gasteiger partial charge in [-0.3, -0.25) is 9.71 Å². The second-order valence-corrected chi connectivity index (χ2v) is 7.00. The quantitative estimate of drug-likeness (QED) is 0.829. The molecule has 0 aliphatic rings. The van der Waals surface area contributed by atoms with E-state index in [1.54, 1.807) is 25.3 Å². The van der Waals surface area contributed by atoms with E-state index in [0.29, 0.717) is 21.4 Å². The van der Waals surface area contributed by atoms with Crippen LogP contribution >= 0.6 is 15.9 Å². The number of rotatable bonds is 3. The maximum atomic E-state index is 12.4. The predicted molar refractivity (Wildman–Crippen MR) is 83.1 cm³/mol. The molecule has 0 atom stereocenters. The molecule has 7 heteroatoms. The zero-order valence-electron chi connectivity index (χ0n) is 11.0. The van der Waals surface area contributed by atoms with Crippen molar-refractivity contribution in [2.45, 2.75) is 18.7 Å². The molecule has 1 aromatic carbocycles. The second-order valence-electron chi connectivity index (χ2n) is 4.50. The highest BCUT2D eigenvalue weighted by Crippen LogP contribution is 2.27. The molecule has 0 aliphatic carbocycles. The lowest BCUT2D eigenvalue weighted by Gasteiger charge is -2.12. The van der Waals surface area contributed by atoms with Gasteiger partial charge in [-0.1, -0.05) is 0 Å². The third kappa shape index (κ3) is 3.10. The number of aromatic nitrogens is 1. The molecule has 20 heavy (non-hydrogen) atoms. The Kier molecular flexibility index (Phi) is 4.01. The number of aryl methyl sites for hydroxylation is 2. The van der Waals surface area contributed by atoms with Crippen LogP contribution in [0.25, 0.3) is 0 Å². The van der Waals surface area contributed by atoms with Crippen molar-refractivity contribution < 1.29 is 8.42 Å². The molecule has 0 saturated heterocycles. The van der Waals surface area contributed by atoms with E-state index in [0.717, 1.165) is 5.56 Å². The summed E-state index contributed by atoms with van der Waals surface area (Å²) in [6.45, 7) is 3.56. The number of hydrogen-bond donors (Lipinski definition) is 2. The minimum atomic E-state index is -3.69.